The van der Waals surface area contributed by atoms with Crippen molar-refractivity contribution in [2.24, 2.45) is 0 Å². The molecule has 2 aromatic carbocycles. The highest BCUT2D eigenvalue weighted by Crippen LogP contribution is 2.27. The standard InChI is InChI=1S/C19H23N3O2/c1-14(21-13-17(23)22-19(24)20-2)18(15-9-5-3-6-10-15)16-11-7-4-8-12-16/h3-12,14,18,21H,13H2,1-2H3,(H2,20,22,23,24)/t14-/m0/s1. The number of urea groups is 1. The van der Waals surface area contributed by atoms with Crippen LogP contribution in [0, 0.1) is 0 Å². The van der Waals surface area contributed by atoms with Crippen molar-refractivity contribution in [2.75, 3.05) is 13.6 Å². The van der Waals surface area contributed by atoms with Crippen LogP contribution < -0.4 is 16.0 Å². The van der Waals surface area contributed by atoms with Crippen LogP contribution in [-0.2, 0) is 4.79 Å². The van der Waals surface area contributed by atoms with Gasteiger partial charge in [-0.05, 0) is 18.1 Å². The molecule has 24 heavy (non-hydrogen) atoms. The highest BCUT2D eigenvalue weighted by atomic mass is 16.2. The number of rotatable bonds is 6. The number of imide groups is 1. The lowest BCUT2D eigenvalue weighted by Crippen LogP contribution is -2.45. The lowest BCUT2D eigenvalue weighted by atomic mass is 9.86. The van der Waals surface area contributed by atoms with Crippen LogP contribution in [0.1, 0.15) is 24.0 Å². The van der Waals surface area contributed by atoms with E-state index in [9.17, 15) is 9.59 Å². The minimum atomic E-state index is -0.503. The molecule has 0 spiro atoms. The van der Waals surface area contributed by atoms with Gasteiger partial charge in [0.25, 0.3) is 0 Å². The van der Waals surface area contributed by atoms with Crippen molar-refractivity contribution < 1.29 is 9.59 Å². The molecule has 0 saturated heterocycles. The number of hydrogen-bond acceptors (Lipinski definition) is 3. The van der Waals surface area contributed by atoms with E-state index >= 15 is 0 Å². The largest absolute Gasteiger partial charge is 0.341 e. The first-order chi connectivity index (χ1) is 11.6. The summed E-state index contributed by atoms with van der Waals surface area (Å²) in [4.78, 5) is 23.0. The van der Waals surface area contributed by atoms with Gasteiger partial charge >= 0.3 is 6.03 Å². The fourth-order valence-electron chi connectivity index (χ4n) is 2.70. The molecule has 1 atom stereocenters. The Morgan fingerprint density at radius 2 is 1.42 bits per heavy atom. The van der Waals surface area contributed by atoms with E-state index in [1.54, 1.807) is 0 Å². The summed E-state index contributed by atoms with van der Waals surface area (Å²) in [7, 11) is 1.47. The molecule has 0 fully saturated rings. The van der Waals surface area contributed by atoms with E-state index in [-0.39, 0.29) is 24.4 Å². The molecule has 0 aliphatic carbocycles. The maximum absolute atomic E-state index is 11.8. The topological polar surface area (TPSA) is 70.2 Å². The molecule has 2 rings (SSSR count). The number of benzene rings is 2. The molecule has 0 bridgehead atoms. The van der Waals surface area contributed by atoms with Crippen LogP contribution >= 0.6 is 0 Å². The molecule has 0 aromatic heterocycles. The number of amides is 3. The third-order valence-electron chi connectivity index (χ3n) is 3.88. The van der Waals surface area contributed by atoms with Gasteiger partial charge in [0.05, 0.1) is 6.54 Å². The van der Waals surface area contributed by atoms with E-state index in [4.69, 9.17) is 0 Å². The molecule has 0 radical (unpaired) electrons. The smallest absolute Gasteiger partial charge is 0.321 e. The quantitative estimate of drug-likeness (QED) is 0.763. The van der Waals surface area contributed by atoms with Crippen LogP contribution in [0.5, 0.6) is 0 Å². The normalized spacial score (nSPS) is 11.8. The second kappa shape index (κ2) is 8.84. The Bertz CT molecular complexity index is 619. The molecular formula is C19H23N3O2. The summed E-state index contributed by atoms with van der Waals surface area (Å²) >= 11 is 0. The second-order valence-corrected chi connectivity index (χ2v) is 5.60. The van der Waals surface area contributed by atoms with Gasteiger partial charge in [0, 0.05) is 19.0 Å². The molecule has 0 unspecified atom stereocenters. The minimum Gasteiger partial charge on any atom is -0.341 e. The van der Waals surface area contributed by atoms with Gasteiger partial charge in [0.1, 0.15) is 0 Å². The summed E-state index contributed by atoms with van der Waals surface area (Å²) in [6.07, 6.45) is 0. The molecule has 2 aromatic rings. The van der Waals surface area contributed by atoms with Crippen molar-refractivity contribution in [2.45, 2.75) is 18.9 Å². The molecule has 3 amide bonds. The zero-order valence-electron chi connectivity index (χ0n) is 14.0. The summed E-state index contributed by atoms with van der Waals surface area (Å²) < 4.78 is 0. The lowest BCUT2D eigenvalue weighted by Gasteiger charge is -2.26. The summed E-state index contributed by atoms with van der Waals surface area (Å²) in [6.45, 7) is 2.11. The Kier molecular flexibility index (Phi) is 6.51. The van der Waals surface area contributed by atoms with Gasteiger partial charge < -0.3 is 10.6 Å². The molecule has 0 saturated carbocycles. The van der Waals surface area contributed by atoms with Crippen LogP contribution in [0.4, 0.5) is 4.79 Å². The van der Waals surface area contributed by atoms with Gasteiger partial charge in [0.15, 0.2) is 0 Å². The minimum absolute atomic E-state index is 0.0187. The molecule has 5 heteroatoms. The molecular weight excluding hydrogens is 302 g/mol. The van der Waals surface area contributed by atoms with E-state index in [1.807, 2.05) is 43.3 Å². The molecule has 126 valence electrons. The first-order valence-corrected chi connectivity index (χ1v) is 7.96. The van der Waals surface area contributed by atoms with E-state index in [2.05, 4.69) is 40.2 Å². The monoisotopic (exact) mass is 325 g/mol. The van der Waals surface area contributed by atoms with Crippen molar-refractivity contribution >= 4 is 11.9 Å². The van der Waals surface area contributed by atoms with Crippen molar-refractivity contribution in [1.29, 1.82) is 0 Å². The molecule has 0 aliphatic rings. The summed E-state index contributed by atoms with van der Waals surface area (Å²) in [6, 6.07) is 19.9. The Morgan fingerprint density at radius 3 is 1.88 bits per heavy atom. The zero-order valence-corrected chi connectivity index (χ0v) is 14.0. The average molecular weight is 325 g/mol. The van der Waals surface area contributed by atoms with Gasteiger partial charge in [-0.15, -0.1) is 0 Å². The van der Waals surface area contributed by atoms with E-state index in [0.717, 1.165) is 0 Å². The highest BCUT2D eigenvalue weighted by molar-refractivity contribution is 5.95. The van der Waals surface area contributed by atoms with Crippen LogP contribution in [0.2, 0.25) is 0 Å². The van der Waals surface area contributed by atoms with Crippen LogP contribution in [0.15, 0.2) is 60.7 Å². The number of carbonyl (C=O) groups excluding carboxylic acids is 2. The van der Waals surface area contributed by atoms with Gasteiger partial charge in [-0.1, -0.05) is 60.7 Å². The van der Waals surface area contributed by atoms with Crippen LogP contribution in [-0.4, -0.2) is 31.6 Å². The third kappa shape index (κ3) is 4.93. The van der Waals surface area contributed by atoms with Crippen LogP contribution in [0.3, 0.4) is 0 Å². The van der Waals surface area contributed by atoms with Gasteiger partial charge in [0.2, 0.25) is 5.91 Å². The Labute approximate surface area is 142 Å². The average Bonchev–Trinajstić information content (AvgIpc) is 2.62. The predicted molar refractivity (Wildman–Crippen MR) is 94.8 cm³/mol. The fraction of sp³-hybridized carbons (Fsp3) is 0.263. The SMILES string of the molecule is CNC(=O)NC(=O)CN[C@@H](C)C(c1ccccc1)c1ccccc1. The molecule has 3 N–H and O–H groups in total. The van der Waals surface area contributed by atoms with Crippen molar-refractivity contribution in [3.63, 3.8) is 0 Å². The fourth-order valence-corrected chi connectivity index (χ4v) is 2.70. The van der Waals surface area contributed by atoms with Crippen molar-refractivity contribution in [3.8, 4) is 0 Å². The Hall–Kier alpha value is -2.66. The summed E-state index contributed by atoms with van der Waals surface area (Å²) in [5.41, 5.74) is 2.35. The first-order valence-electron chi connectivity index (χ1n) is 7.96. The number of nitrogens with one attached hydrogen (secondary N) is 3. The lowest BCUT2D eigenvalue weighted by molar-refractivity contribution is -0.119. The third-order valence-corrected chi connectivity index (χ3v) is 3.88. The Morgan fingerprint density at radius 1 is 0.917 bits per heavy atom. The molecule has 0 heterocycles. The number of hydrogen-bond donors (Lipinski definition) is 3. The zero-order chi connectivity index (χ0) is 17.4. The Balaban J connectivity index is 2.10. The first kappa shape index (κ1) is 17.7. The van der Waals surface area contributed by atoms with Gasteiger partial charge in [-0.25, -0.2) is 4.79 Å². The van der Waals surface area contributed by atoms with Crippen molar-refractivity contribution in [3.05, 3.63) is 71.8 Å². The van der Waals surface area contributed by atoms with Crippen molar-refractivity contribution in [1.82, 2.24) is 16.0 Å². The maximum Gasteiger partial charge on any atom is 0.321 e. The van der Waals surface area contributed by atoms with Gasteiger partial charge in [-0.3, -0.25) is 10.1 Å². The summed E-state index contributed by atoms with van der Waals surface area (Å²) in [5, 5.41) is 7.83. The maximum atomic E-state index is 11.8. The second-order valence-electron chi connectivity index (χ2n) is 5.60. The van der Waals surface area contributed by atoms with Gasteiger partial charge in [-0.2, -0.15) is 0 Å². The number of carbonyl (C=O) groups is 2. The van der Waals surface area contributed by atoms with E-state index in [1.165, 1.54) is 18.2 Å². The summed E-state index contributed by atoms with van der Waals surface area (Å²) in [5.74, 6) is -0.249. The molecule has 0 aliphatic heterocycles. The molecule has 5 nitrogen and oxygen atoms in total. The van der Waals surface area contributed by atoms with E-state index < -0.39 is 6.03 Å². The van der Waals surface area contributed by atoms with Crippen LogP contribution in [0.25, 0.3) is 0 Å². The van der Waals surface area contributed by atoms with E-state index in [0.29, 0.717) is 0 Å². The highest BCUT2D eigenvalue weighted by Gasteiger charge is 2.21. The predicted octanol–water partition coefficient (Wildman–Crippen LogP) is 2.25.